The number of fused-ring (bicyclic) bond motifs is 4. The standard InChI is InChI=1S/C49H33N3O/c1-4-12-32(13-5-1)33-20-22-34(23-21-33)41-29-42(46-43-28-39-18-10-11-19-40(39)30-44(43)53-45(46)31-41)35-24-26-38(27-25-35)49-51-47(36-14-6-2-7-15-36)50-48(52-49)37-16-8-3-9-17-37/h1-31,47H,(H,50,51,52). The molecule has 0 saturated heterocycles. The maximum Gasteiger partial charge on any atom is 0.159 e. The Morgan fingerprint density at radius 1 is 0.434 bits per heavy atom. The first-order valence-electron chi connectivity index (χ1n) is 17.9. The van der Waals surface area contributed by atoms with Crippen molar-refractivity contribution < 1.29 is 4.42 Å². The summed E-state index contributed by atoms with van der Waals surface area (Å²) in [4.78, 5) is 10.1. The Balaban J connectivity index is 1.10. The number of benzene rings is 8. The van der Waals surface area contributed by atoms with Gasteiger partial charge in [-0.15, -0.1) is 0 Å². The lowest BCUT2D eigenvalue weighted by molar-refractivity contribution is 0.669. The van der Waals surface area contributed by atoms with Crippen molar-refractivity contribution in [2.45, 2.75) is 6.17 Å². The quantitative estimate of drug-likeness (QED) is 0.190. The molecule has 4 heteroatoms. The van der Waals surface area contributed by atoms with Crippen LogP contribution < -0.4 is 5.32 Å². The smallest absolute Gasteiger partial charge is 0.159 e. The van der Waals surface area contributed by atoms with Gasteiger partial charge in [-0.05, 0) is 74.0 Å². The largest absolute Gasteiger partial charge is 0.456 e. The number of hydrogen-bond donors (Lipinski definition) is 1. The number of nitrogens with one attached hydrogen (secondary N) is 1. The van der Waals surface area contributed by atoms with Gasteiger partial charge in [-0.25, -0.2) is 9.98 Å². The second-order valence-electron chi connectivity index (χ2n) is 13.5. The summed E-state index contributed by atoms with van der Waals surface area (Å²) in [5.41, 5.74) is 11.6. The molecule has 1 aliphatic heterocycles. The SMILES string of the molecule is c1ccc(C2=NC(c3ccc(-c4cc(-c5ccc(-c6ccccc6)cc5)cc5oc6cc7ccccc7cc6c45)cc3)=NC(c3ccccc3)N2)cc1. The highest BCUT2D eigenvalue weighted by atomic mass is 16.3. The van der Waals surface area contributed by atoms with Crippen molar-refractivity contribution in [3.05, 3.63) is 205 Å². The van der Waals surface area contributed by atoms with E-state index in [1.807, 2.05) is 42.5 Å². The van der Waals surface area contributed by atoms with Gasteiger partial charge in [-0.1, -0.05) is 164 Å². The first-order chi connectivity index (χ1) is 26.2. The highest BCUT2D eigenvalue weighted by Crippen LogP contribution is 2.41. The molecule has 250 valence electrons. The Hall–Kier alpha value is -7.04. The van der Waals surface area contributed by atoms with Gasteiger partial charge in [0.25, 0.3) is 0 Å². The van der Waals surface area contributed by atoms with E-state index in [4.69, 9.17) is 14.4 Å². The van der Waals surface area contributed by atoms with Crippen molar-refractivity contribution in [3.63, 3.8) is 0 Å². The molecule has 1 aliphatic rings. The molecule has 8 aromatic carbocycles. The third-order valence-electron chi connectivity index (χ3n) is 10.1. The Morgan fingerprint density at radius 2 is 0.981 bits per heavy atom. The van der Waals surface area contributed by atoms with E-state index >= 15 is 0 Å². The summed E-state index contributed by atoms with van der Waals surface area (Å²) in [5.74, 6) is 1.50. The number of amidine groups is 2. The summed E-state index contributed by atoms with van der Waals surface area (Å²) in [6.45, 7) is 0. The molecule has 53 heavy (non-hydrogen) atoms. The summed E-state index contributed by atoms with van der Waals surface area (Å²) in [6.07, 6.45) is -0.254. The average Bonchev–Trinajstić information content (AvgIpc) is 3.60. The molecular weight excluding hydrogens is 647 g/mol. The topological polar surface area (TPSA) is 49.9 Å². The number of nitrogens with zero attached hydrogens (tertiary/aromatic N) is 2. The van der Waals surface area contributed by atoms with Gasteiger partial charge in [-0.3, -0.25) is 0 Å². The summed E-state index contributed by atoms with van der Waals surface area (Å²) >= 11 is 0. The fourth-order valence-corrected chi connectivity index (χ4v) is 7.40. The third-order valence-corrected chi connectivity index (χ3v) is 10.1. The van der Waals surface area contributed by atoms with Crippen LogP contribution in [-0.2, 0) is 0 Å². The third kappa shape index (κ3) is 5.77. The van der Waals surface area contributed by atoms with Crippen LogP contribution in [0.25, 0.3) is 66.1 Å². The molecule has 0 aliphatic carbocycles. The van der Waals surface area contributed by atoms with E-state index in [1.54, 1.807) is 0 Å². The Bertz CT molecular complexity index is 2820. The molecule has 0 fully saturated rings. The summed E-state index contributed by atoms with van der Waals surface area (Å²) in [7, 11) is 0. The van der Waals surface area contributed by atoms with Crippen molar-refractivity contribution in [2.24, 2.45) is 9.98 Å². The van der Waals surface area contributed by atoms with Crippen molar-refractivity contribution in [3.8, 4) is 33.4 Å². The highest BCUT2D eigenvalue weighted by Gasteiger charge is 2.22. The predicted octanol–water partition coefficient (Wildman–Crippen LogP) is 12.2. The lowest BCUT2D eigenvalue weighted by Crippen LogP contribution is -2.33. The van der Waals surface area contributed by atoms with Gasteiger partial charge >= 0.3 is 0 Å². The van der Waals surface area contributed by atoms with Crippen LogP contribution in [-0.4, -0.2) is 11.7 Å². The van der Waals surface area contributed by atoms with Crippen LogP contribution in [0.4, 0.5) is 0 Å². The van der Waals surface area contributed by atoms with E-state index in [0.717, 1.165) is 72.1 Å². The van der Waals surface area contributed by atoms with Gasteiger partial charge in [0.2, 0.25) is 0 Å². The van der Waals surface area contributed by atoms with Crippen LogP contribution >= 0.6 is 0 Å². The summed E-state index contributed by atoms with van der Waals surface area (Å²) in [5, 5.41) is 8.12. The van der Waals surface area contributed by atoms with Crippen LogP contribution in [0.3, 0.4) is 0 Å². The van der Waals surface area contributed by atoms with Gasteiger partial charge in [0.1, 0.15) is 23.2 Å². The Kier molecular flexibility index (Phi) is 7.51. The van der Waals surface area contributed by atoms with Crippen molar-refractivity contribution in [1.29, 1.82) is 0 Å². The maximum absolute atomic E-state index is 6.66. The average molecular weight is 680 g/mol. The summed E-state index contributed by atoms with van der Waals surface area (Å²) in [6, 6.07) is 65.9. The number of aliphatic imine (C=N–C) groups is 2. The molecule has 4 nitrogen and oxygen atoms in total. The molecule has 1 aromatic heterocycles. The molecule has 1 atom stereocenters. The van der Waals surface area contributed by atoms with Crippen LogP contribution in [0.1, 0.15) is 22.9 Å². The van der Waals surface area contributed by atoms with E-state index < -0.39 is 0 Å². The molecule has 0 spiro atoms. The molecule has 9 aromatic rings. The van der Waals surface area contributed by atoms with E-state index in [2.05, 4.69) is 151 Å². The zero-order chi connectivity index (χ0) is 35.1. The zero-order valence-electron chi connectivity index (χ0n) is 28.8. The molecule has 0 amide bonds. The van der Waals surface area contributed by atoms with Gasteiger partial charge in [0, 0.05) is 21.9 Å². The van der Waals surface area contributed by atoms with Crippen LogP contribution in [0.5, 0.6) is 0 Å². The number of furan rings is 1. The van der Waals surface area contributed by atoms with Crippen molar-refractivity contribution in [2.75, 3.05) is 0 Å². The van der Waals surface area contributed by atoms with Crippen LogP contribution in [0.15, 0.2) is 202 Å². The first-order valence-corrected chi connectivity index (χ1v) is 17.9. The second kappa shape index (κ2) is 12.9. The lowest BCUT2D eigenvalue weighted by Gasteiger charge is -2.23. The monoisotopic (exact) mass is 679 g/mol. The van der Waals surface area contributed by atoms with Crippen LogP contribution in [0, 0.1) is 0 Å². The molecule has 0 saturated carbocycles. The molecule has 0 bridgehead atoms. The highest BCUT2D eigenvalue weighted by molar-refractivity contribution is 6.17. The van der Waals surface area contributed by atoms with Crippen molar-refractivity contribution >= 4 is 44.4 Å². The minimum atomic E-state index is -0.254. The molecule has 0 radical (unpaired) electrons. The molecular formula is C49H33N3O. The fourth-order valence-electron chi connectivity index (χ4n) is 7.40. The van der Waals surface area contributed by atoms with Gasteiger partial charge in [0.15, 0.2) is 5.84 Å². The minimum Gasteiger partial charge on any atom is -0.456 e. The van der Waals surface area contributed by atoms with E-state index in [-0.39, 0.29) is 6.17 Å². The van der Waals surface area contributed by atoms with Gasteiger partial charge < -0.3 is 9.73 Å². The lowest BCUT2D eigenvalue weighted by atomic mass is 9.93. The molecule has 2 heterocycles. The summed E-state index contributed by atoms with van der Waals surface area (Å²) < 4.78 is 6.66. The number of rotatable bonds is 6. The maximum atomic E-state index is 6.66. The zero-order valence-corrected chi connectivity index (χ0v) is 28.8. The van der Waals surface area contributed by atoms with E-state index in [0.29, 0.717) is 5.84 Å². The molecule has 1 unspecified atom stereocenters. The first kappa shape index (κ1) is 30.8. The predicted molar refractivity (Wildman–Crippen MR) is 219 cm³/mol. The second-order valence-corrected chi connectivity index (χ2v) is 13.5. The van der Waals surface area contributed by atoms with Gasteiger partial charge in [0.05, 0.1) is 0 Å². The van der Waals surface area contributed by atoms with Crippen LogP contribution in [0.2, 0.25) is 0 Å². The fraction of sp³-hybridized carbons (Fsp3) is 0.0204. The van der Waals surface area contributed by atoms with Crippen molar-refractivity contribution in [1.82, 2.24) is 5.32 Å². The Morgan fingerprint density at radius 3 is 1.68 bits per heavy atom. The number of hydrogen-bond acceptors (Lipinski definition) is 4. The van der Waals surface area contributed by atoms with Gasteiger partial charge in [-0.2, -0.15) is 0 Å². The Labute approximate surface area is 307 Å². The molecule has 1 N–H and O–H groups in total. The van der Waals surface area contributed by atoms with E-state index in [9.17, 15) is 0 Å². The van der Waals surface area contributed by atoms with E-state index in [1.165, 1.54) is 16.5 Å². The normalized spacial score (nSPS) is 14.2. The molecule has 10 rings (SSSR count). The minimum absolute atomic E-state index is 0.254.